The zero-order valence-electron chi connectivity index (χ0n) is 11.2. The normalized spacial score (nSPS) is 26.5. The van der Waals surface area contributed by atoms with Crippen LogP contribution in [0, 0.1) is 5.92 Å². The van der Waals surface area contributed by atoms with Crippen molar-refractivity contribution in [2.45, 2.75) is 25.9 Å². The average molecular weight is 280 g/mol. The van der Waals surface area contributed by atoms with Gasteiger partial charge in [-0.25, -0.2) is 0 Å². The van der Waals surface area contributed by atoms with Gasteiger partial charge < -0.3 is 15.0 Å². The Morgan fingerprint density at radius 1 is 1.58 bits per heavy atom. The SMILES string of the molecule is CCNC1COCC1C(=O)N1CCc2sccc2C1. The number of likely N-dealkylation sites (N-methyl/N-ethyl adjacent to an activating group) is 1. The van der Waals surface area contributed by atoms with Crippen molar-refractivity contribution >= 4 is 17.2 Å². The van der Waals surface area contributed by atoms with Gasteiger partial charge in [-0.2, -0.15) is 0 Å². The summed E-state index contributed by atoms with van der Waals surface area (Å²) >= 11 is 1.81. The van der Waals surface area contributed by atoms with E-state index in [0.717, 1.165) is 26.1 Å². The van der Waals surface area contributed by atoms with Gasteiger partial charge in [0.1, 0.15) is 0 Å². The fourth-order valence-corrected chi connectivity index (χ4v) is 3.82. The summed E-state index contributed by atoms with van der Waals surface area (Å²) in [6, 6.07) is 2.33. The van der Waals surface area contributed by atoms with E-state index < -0.39 is 0 Å². The monoisotopic (exact) mass is 280 g/mol. The van der Waals surface area contributed by atoms with Crippen molar-refractivity contribution in [3.8, 4) is 0 Å². The van der Waals surface area contributed by atoms with Crippen LogP contribution in [0.2, 0.25) is 0 Å². The van der Waals surface area contributed by atoms with E-state index in [-0.39, 0.29) is 17.9 Å². The summed E-state index contributed by atoms with van der Waals surface area (Å²) in [6.07, 6.45) is 0.998. The molecule has 0 spiro atoms. The minimum atomic E-state index is -0.0138. The number of amides is 1. The highest BCUT2D eigenvalue weighted by Gasteiger charge is 2.37. The summed E-state index contributed by atoms with van der Waals surface area (Å²) in [6.45, 7) is 5.78. The summed E-state index contributed by atoms with van der Waals surface area (Å²) in [7, 11) is 0. The maximum Gasteiger partial charge on any atom is 0.230 e. The molecule has 0 aliphatic carbocycles. The molecule has 0 radical (unpaired) electrons. The van der Waals surface area contributed by atoms with E-state index in [4.69, 9.17) is 4.74 Å². The fraction of sp³-hybridized carbons (Fsp3) is 0.643. The maximum atomic E-state index is 12.6. The highest BCUT2D eigenvalue weighted by molar-refractivity contribution is 7.10. The van der Waals surface area contributed by atoms with Gasteiger partial charge in [-0.05, 0) is 30.0 Å². The third kappa shape index (κ3) is 2.55. The summed E-state index contributed by atoms with van der Waals surface area (Å²) in [4.78, 5) is 16.1. The lowest BCUT2D eigenvalue weighted by Gasteiger charge is -2.30. The number of hydrogen-bond donors (Lipinski definition) is 1. The first-order valence-corrected chi connectivity index (χ1v) is 7.82. The fourth-order valence-electron chi connectivity index (χ4n) is 2.93. The van der Waals surface area contributed by atoms with Crippen LogP contribution in [-0.2, 0) is 22.5 Å². The second-order valence-corrected chi connectivity index (χ2v) is 6.19. The molecule has 3 rings (SSSR count). The van der Waals surface area contributed by atoms with Gasteiger partial charge in [-0.1, -0.05) is 6.92 Å². The Balaban J connectivity index is 1.68. The third-order valence-corrected chi connectivity index (χ3v) is 5.01. The minimum Gasteiger partial charge on any atom is -0.379 e. The molecule has 3 heterocycles. The molecule has 5 heteroatoms. The summed E-state index contributed by atoms with van der Waals surface area (Å²) in [5.74, 6) is 0.237. The number of fused-ring (bicyclic) bond motifs is 1. The second kappa shape index (κ2) is 5.61. The summed E-state index contributed by atoms with van der Waals surface area (Å²) in [5, 5.41) is 5.48. The predicted molar refractivity (Wildman–Crippen MR) is 75.2 cm³/mol. The van der Waals surface area contributed by atoms with Crippen LogP contribution in [0.4, 0.5) is 0 Å². The Morgan fingerprint density at radius 2 is 2.47 bits per heavy atom. The third-order valence-electron chi connectivity index (χ3n) is 3.98. The van der Waals surface area contributed by atoms with Gasteiger partial charge in [0.05, 0.1) is 19.1 Å². The molecule has 0 saturated carbocycles. The standard InChI is InChI=1S/C14H20N2O2S/c1-2-15-12-9-18-8-11(12)14(17)16-5-3-13-10(7-16)4-6-19-13/h4,6,11-12,15H,2-3,5,7-9H2,1H3. The van der Waals surface area contributed by atoms with E-state index in [0.29, 0.717) is 13.2 Å². The van der Waals surface area contributed by atoms with E-state index in [2.05, 4.69) is 23.7 Å². The molecule has 2 aliphatic heterocycles. The smallest absolute Gasteiger partial charge is 0.230 e. The van der Waals surface area contributed by atoms with Gasteiger partial charge in [0.2, 0.25) is 5.91 Å². The molecule has 1 N–H and O–H groups in total. The molecule has 1 aromatic rings. The van der Waals surface area contributed by atoms with E-state index >= 15 is 0 Å². The lowest BCUT2D eigenvalue weighted by atomic mass is 10.00. The van der Waals surface area contributed by atoms with Crippen LogP contribution in [0.3, 0.4) is 0 Å². The van der Waals surface area contributed by atoms with Gasteiger partial charge in [0.25, 0.3) is 0 Å². The minimum absolute atomic E-state index is 0.0138. The number of thiophene rings is 1. The topological polar surface area (TPSA) is 41.6 Å². The van der Waals surface area contributed by atoms with Crippen LogP contribution < -0.4 is 5.32 Å². The lowest BCUT2D eigenvalue weighted by Crippen LogP contribution is -2.47. The summed E-state index contributed by atoms with van der Waals surface area (Å²) < 4.78 is 5.48. The Bertz CT molecular complexity index is 460. The number of hydrogen-bond acceptors (Lipinski definition) is 4. The Labute approximate surface area is 117 Å². The molecular formula is C14H20N2O2S. The van der Waals surface area contributed by atoms with Gasteiger partial charge in [0, 0.05) is 24.0 Å². The largest absolute Gasteiger partial charge is 0.379 e. The van der Waals surface area contributed by atoms with Crippen LogP contribution in [0.15, 0.2) is 11.4 Å². The molecule has 2 aliphatic rings. The molecule has 0 aromatic carbocycles. The van der Waals surface area contributed by atoms with E-state index in [9.17, 15) is 4.79 Å². The number of nitrogens with zero attached hydrogens (tertiary/aromatic N) is 1. The molecule has 2 atom stereocenters. The molecule has 4 nitrogen and oxygen atoms in total. The molecule has 19 heavy (non-hydrogen) atoms. The lowest BCUT2D eigenvalue weighted by molar-refractivity contribution is -0.136. The number of rotatable bonds is 3. The van der Waals surface area contributed by atoms with Crippen molar-refractivity contribution in [3.05, 3.63) is 21.9 Å². The number of carbonyl (C=O) groups excluding carboxylic acids is 1. The first-order valence-electron chi connectivity index (χ1n) is 6.94. The van der Waals surface area contributed by atoms with E-state index in [1.54, 1.807) is 11.3 Å². The van der Waals surface area contributed by atoms with Gasteiger partial charge in [-0.15, -0.1) is 11.3 Å². The zero-order valence-corrected chi connectivity index (χ0v) is 12.0. The second-order valence-electron chi connectivity index (χ2n) is 5.19. The maximum absolute atomic E-state index is 12.6. The molecule has 2 unspecified atom stereocenters. The molecule has 0 bridgehead atoms. The first kappa shape index (κ1) is 13.1. The average Bonchev–Trinajstić information content (AvgIpc) is 3.05. The van der Waals surface area contributed by atoms with Crippen molar-refractivity contribution in [3.63, 3.8) is 0 Å². The van der Waals surface area contributed by atoms with Crippen LogP contribution in [0.25, 0.3) is 0 Å². The van der Waals surface area contributed by atoms with Crippen molar-refractivity contribution < 1.29 is 9.53 Å². The molecule has 1 amide bonds. The molecule has 104 valence electrons. The van der Waals surface area contributed by atoms with Crippen molar-refractivity contribution in [1.29, 1.82) is 0 Å². The van der Waals surface area contributed by atoms with Crippen LogP contribution >= 0.6 is 11.3 Å². The van der Waals surface area contributed by atoms with Crippen molar-refractivity contribution in [2.75, 3.05) is 26.3 Å². The Kier molecular flexibility index (Phi) is 3.86. The van der Waals surface area contributed by atoms with Crippen LogP contribution in [-0.4, -0.2) is 43.2 Å². The number of nitrogens with one attached hydrogen (secondary N) is 1. The van der Waals surface area contributed by atoms with Crippen molar-refractivity contribution in [2.24, 2.45) is 5.92 Å². The number of ether oxygens (including phenoxy) is 1. The highest BCUT2D eigenvalue weighted by Crippen LogP contribution is 2.26. The summed E-state index contributed by atoms with van der Waals surface area (Å²) in [5.41, 5.74) is 1.32. The first-order chi connectivity index (χ1) is 9.29. The van der Waals surface area contributed by atoms with Gasteiger partial charge >= 0.3 is 0 Å². The Morgan fingerprint density at radius 3 is 3.32 bits per heavy atom. The predicted octanol–water partition coefficient (Wildman–Crippen LogP) is 1.26. The van der Waals surface area contributed by atoms with Gasteiger partial charge in [-0.3, -0.25) is 4.79 Å². The highest BCUT2D eigenvalue weighted by atomic mass is 32.1. The van der Waals surface area contributed by atoms with Gasteiger partial charge in [0.15, 0.2) is 0 Å². The van der Waals surface area contributed by atoms with Crippen molar-refractivity contribution in [1.82, 2.24) is 10.2 Å². The molecular weight excluding hydrogens is 260 g/mol. The van der Waals surface area contributed by atoms with E-state index in [1.807, 2.05) is 4.90 Å². The van der Waals surface area contributed by atoms with Crippen LogP contribution in [0.5, 0.6) is 0 Å². The molecule has 1 fully saturated rings. The molecule has 1 aromatic heterocycles. The van der Waals surface area contributed by atoms with Crippen LogP contribution in [0.1, 0.15) is 17.4 Å². The van der Waals surface area contributed by atoms with E-state index in [1.165, 1.54) is 10.4 Å². The number of carbonyl (C=O) groups is 1. The Hall–Kier alpha value is -0.910. The molecule has 1 saturated heterocycles. The quantitative estimate of drug-likeness (QED) is 0.906. The zero-order chi connectivity index (χ0) is 13.2.